The second-order valence-corrected chi connectivity index (χ2v) is 8.27. The summed E-state index contributed by atoms with van der Waals surface area (Å²) in [6.45, 7) is 7.35. The van der Waals surface area contributed by atoms with Crippen molar-refractivity contribution in [3.05, 3.63) is 57.6 Å². The van der Waals surface area contributed by atoms with Crippen LogP contribution in [0.4, 0.5) is 16.2 Å². The van der Waals surface area contributed by atoms with Gasteiger partial charge in [0.05, 0.1) is 11.1 Å². The van der Waals surface area contributed by atoms with Gasteiger partial charge in [-0.05, 0) is 69.7 Å². The van der Waals surface area contributed by atoms with Crippen molar-refractivity contribution < 1.29 is 14.4 Å². The Balaban J connectivity index is 1.78. The lowest BCUT2D eigenvalue weighted by Gasteiger charge is -2.29. The van der Waals surface area contributed by atoms with Crippen LogP contribution in [0.5, 0.6) is 0 Å². The first-order chi connectivity index (χ1) is 12.6. The lowest BCUT2D eigenvalue weighted by molar-refractivity contribution is 0.0507. The molecule has 2 aromatic carbocycles. The third-order valence-corrected chi connectivity index (χ3v) is 5.12. The number of amides is 4. The number of halogens is 1. The van der Waals surface area contributed by atoms with Gasteiger partial charge in [-0.2, -0.15) is 0 Å². The maximum atomic E-state index is 12.6. The number of benzene rings is 2. The van der Waals surface area contributed by atoms with E-state index in [0.29, 0.717) is 22.5 Å². The molecule has 0 saturated heterocycles. The quantitative estimate of drug-likeness (QED) is 0.673. The Bertz CT molecular complexity index is 963. The van der Waals surface area contributed by atoms with Gasteiger partial charge in [0.15, 0.2) is 0 Å². The van der Waals surface area contributed by atoms with Crippen LogP contribution in [0.1, 0.15) is 47.1 Å². The fraction of sp³-hybridized carbons (Fsp3) is 0.250. The monoisotopic (exact) mass is 429 g/mol. The van der Waals surface area contributed by atoms with Crippen molar-refractivity contribution in [1.29, 1.82) is 0 Å². The molecule has 0 aliphatic carbocycles. The van der Waals surface area contributed by atoms with Crippen LogP contribution in [0.25, 0.3) is 0 Å². The zero-order valence-corrected chi connectivity index (χ0v) is 17.1. The number of urea groups is 1. The maximum Gasteiger partial charge on any atom is 0.323 e. The van der Waals surface area contributed by atoms with Crippen LogP contribution in [0.2, 0.25) is 0 Å². The summed E-state index contributed by atoms with van der Waals surface area (Å²) in [5, 5.41) is 5.45. The van der Waals surface area contributed by atoms with Gasteiger partial charge >= 0.3 is 6.03 Å². The minimum Gasteiger partial charge on any atom is -0.308 e. The summed E-state index contributed by atoms with van der Waals surface area (Å²) in [7, 11) is 0. The summed E-state index contributed by atoms with van der Waals surface area (Å²) < 4.78 is 0.957. The number of hydrogen-bond donors (Lipinski definition) is 2. The minimum absolute atomic E-state index is 0.298. The van der Waals surface area contributed by atoms with E-state index in [9.17, 15) is 14.4 Å². The molecule has 0 fully saturated rings. The maximum absolute atomic E-state index is 12.6. The predicted molar refractivity (Wildman–Crippen MR) is 108 cm³/mol. The Morgan fingerprint density at radius 2 is 1.48 bits per heavy atom. The molecule has 3 rings (SSSR count). The van der Waals surface area contributed by atoms with E-state index in [-0.39, 0.29) is 11.8 Å². The summed E-state index contributed by atoms with van der Waals surface area (Å²) in [6.07, 6.45) is 0. The van der Waals surface area contributed by atoms with E-state index < -0.39 is 11.6 Å². The number of anilines is 2. The highest BCUT2D eigenvalue weighted by atomic mass is 79.9. The van der Waals surface area contributed by atoms with Gasteiger partial charge in [-0.3, -0.25) is 14.5 Å². The number of imide groups is 1. The van der Waals surface area contributed by atoms with E-state index in [2.05, 4.69) is 26.6 Å². The molecule has 1 aliphatic rings. The average Bonchev–Trinajstić information content (AvgIpc) is 2.81. The molecule has 4 amide bonds. The van der Waals surface area contributed by atoms with Crippen molar-refractivity contribution in [2.45, 2.75) is 33.2 Å². The highest BCUT2D eigenvalue weighted by molar-refractivity contribution is 9.10. The van der Waals surface area contributed by atoms with E-state index in [1.807, 2.05) is 39.8 Å². The molecule has 0 unspecified atom stereocenters. The lowest BCUT2D eigenvalue weighted by atomic mass is 10.1. The summed E-state index contributed by atoms with van der Waals surface area (Å²) in [4.78, 5) is 38.6. The standard InChI is InChI=1S/C20H20BrN3O3/c1-11-9-12(6-8-16(11)21)22-19(27)23-13-5-7-14-15(10-13)18(26)24(17(14)25)20(2,3)4/h5-10H,1-4H3,(H2,22,23,27). The first kappa shape index (κ1) is 19.1. The number of nitrogens with zero attached hydrogens (tertiary/aromatic N) is 1. The van der Waals surface area contributed by atoms with Gasteiger partial charge in [-0.1, -0.05) is 15.9 Å². The summed E-state index contributed by atoms with van der Waals surface area (Å²) in [5.41, 5.74) is 2.13. The van der Waals surface area contributed by atoms with Crippen LogP contribution in [-0.2, 0) is 0 Å². The number of fused-ring (bicyclic) bond motifs is 1. The molecule has 2 aromatic rings. The predicted octanol–water partition coefficient (Wildman–Crippen LogP) is 4.80. The lowest BCUT2D eigenvalue weighted by Crippen LogP contribution is -2.45. The van der Waals surface area contributed by atoms with Gasteiger partial charge in [0.25, 0.3) is 11.8 Å². The van der Waals surface area contributed by atoms with E-state index in [0.717, 1.165) is 10.0 Å². The van der Waals surface area contributed by atoms with E-state index in [1.165, 1.54) is 11.0 Å². The van der Waals surface area contributed by atoms with Gasteiger partial charge in [0.2, 0.25) is 0 Å². The average molecular weight is 430 g/mol. The molecule has 0 radical (unpaired) electrons. The highest BCUT2D eigenvalue weighted by Crippen LogP contribution is 2.31. The van der Waals surface area contributed by atoms with Crippen molar-refractivity contribution in [2.75, 3.05) is 10.6 Å². The third-order valence-electron chi connectivity index (χ3n) is 4.23. The first-order valence-electron chi connectivity index (χ1n) is 8.45. The van der Waals surface area contributed by atoms with Gasteiger partial charge in [0, 0.05) is 21.4 Å². The molecule has 0 bridgehead atoms. The van der Waals surface area contributed by atoms with Crippen molar-refractivity contribution >= 4 is 45.2 Å². The van der Waals surface area contributed by atoms with Gasteiger partial charge in [0.1, 0.15) is 0 Å². The number of aryl methyl sites for hydroxylation is 1. The smallest absolute Gasteiger partial charge is 0.308 e. The van der Waals surface area contributed by atoms with Crippen molar-refractivity contribution in [2.24, 2.45) is 0 Å². The van der Waals surface area contributed by atoms with Crippen LogP contribution in [0.15, 0.2) is 40.9 Å². The molecule has 1 aliphatic heterocycles. The van der Waals surface area contributed by atoms with Crippen LogP contribution < -0.4 is 10.6 Å². The van der Waals surface area contributed by atoms with Crippen molar-refractivity contribution in [3.8, 4) is 0 Å². The Labute approximate surface area is 166 Å². The number of carbonyl (C=O) groups is 3. The first-order valence-corrected chi connectivity index (χ1v) is 9.24. The van der Waals surface area contributed by atoms with E-state index in [4.69, 9.17) is 0 Å². The van der Waals surface area contributed by atoms with Crippen LogP contribution in [0, 0.1) is 6.92 Å². The number of rotatable bonds is 2. The van der Waals surface area contributed by atoms with Crippen LogP contribution in [-0.4, -0.2) is 28.3 Å². The van der Waals surface area contributed by atoms with Gasteiger partial charge in [-0.15, -0.1) is 0 Å². The largest absolute Gasteiger partial charge is 0.323 e. The zero-order chi connectivity index (χ0) is 19.9. The minimum atomic E-state index is -0.613. The van der Waals surface area contributed by atoms with Crippen molar-refractivity contribution in [1.82, 2.24) is 4.90 Å². The molecule has 0 saturated carbocycles. The Kier molecular flexibility index (Phi) is 4.82. The van der Waals surface area contributed by atoms with Gasteiger partial charge < -0.3 is 10.6 Å². The normalized spacial score (nSPS) is 13.6. The zero-order valence-electron chi connectivity index (χ0n) is 15.5. The Morgan fingerprint density at radius 3 is 2.07 bits per heavy atom. The third kappa shape index (κ3) is 3.73. The molecular formula is C20H20BrN3O3. The molecule has 0 aromatic heterocycles. The molecule has 2 N–H and O–H groups in total. The Hall–Kier alpha value is -2.67. The molecule has 7 heteroatoms. The van der Waals surface area contributed by atoms with Crippen LogP contribution >= 0.6 is 15.9 Å². The summed E-state index contributed by atoms with van der Waals surface area (Å²) in [6, 6.07) is 9.77. The molecule has 27 heavy (non-hydrogen) atoms. The number of nitrogens with one attached hydrogen (secondary N) is 2. The van der Waals surface area contributed by atoms with E-state index >= 15 is 0 Å². The second-order valence-electron chi connectivity index (χ2n) is 7.42. The molecular weight excluding hydrogens is 410 g/mol. The van der Waals surface area contributed by atoms with E-state index in [1.54, 1.807) is 18.2 Å². The summed E-state index contributed by atoms with van der Waals surface area (Å²) in [5.74, 6) is -0.668. The topological polar surface area (TPSA) is 78.5 Å². The fourth-order valence-electron chi connectivity index (χ4n) is 2.94. The van der Waals surface area contributed by atoms with Crippen LogP contribution in [0.3, 0.4) is 0 Å². The molecule has 0 atom stereocenters. The SMILES string of the molecule is Cc1cc(NC(=O)Nc2ccc3c(c2)C(=O)N(C(C)(C)C)C3=O)ccc1Br. The second kappa shape index (κ2) is 6.81. The Morgan fingerprint density at radius 1 is 0.926 bits per heavy atom. The molecule has 6 nitrogen and oxygen atoms in total. The molecule has 0 spiro atoms. The fourth-order valence-corrected chi connectivity index (χ4v) is 3.19. The van der Waals surface area contributed by atoms with Gasteiger partial charge in [-0.25, -0.2) is 4.79 Å². The molecule has 1 heterocycles. The highest BCUT2D eigenvalue weighted by Gasteiger charge is 2.41. The molecule has 140 valence electrons. The number of carbonyl (C=O) groups excluding carboxylic acids is 3. The summed E-state index contributed by atoms with van der Waals surface area (Å²) >= 11 is 3.42. The number of hydrogen-bond acceptors (Lipinski definition) is 3. The van der Waals surface area contributed by atoms with Crippen molar-refractivity contribution in [3.63, 3.8) is 0 Å².